The SMILES string of the molecule is CCc1ccc(N[C@@H](C)C2CC2)cc1. The van der Waals surface area contributed by atoms with E-state index in [-0.39, 0.29) is 0 Å². The number of benzene rings is 1. The van der Waals surface area contributed by atoms with Crippen molar-refractivity contribution in [2.75, 3.05) is 5.32 Å². The lowest BCUT2D eigenvalue weighted by Crippen LogP contribution is -2.16. The van der Waals surface area contributed by atoms with Gasteiger partial charge in [-0.2, -0.15) is 0 Å². The van der Waals surface area contributed by atoms with Crippen LogP contribution in [0.1, 0.15) is 32.3 Å². The third-order valence-corrected chi connectivity index (χ3v) is 3.09. The summed E-state index contributed by atoms with van der Waals surface area (Å²) in [4.78, 5) is 0. The molecule has 0 saturated heterocycles. The molecule has 2 rings (SSSR count). The van der Waals surface area contributed by atoms with Crippen molar-refractivity contribution in [1.82, 2.24) is 0 Å². The summed E-state index contributed by atoms with van der Waals surface area (Å²) in [5.41, 5.74) is 2.68. The van der Waals surface area contributed by atoms with Crippen LogP contribution in [0, 0.1) is 5.92 Å². The molecule has 0 bridgehead atoms. The fraction of sp³-hybridized carbons (Fsp3) is 0.538. The molecular formula is C13H19N. The van der Waals surface area contributed by atoms with Gasteiger partial charge in [0, 0.05) is 11.7 Å². The Labute approximate surface area is 86.5 Å². The quantitative estimate of drug-likeness (QED) is 0.765. The van der Waals surface area contributed by atoms with Crippen molar-refractivity contribution in [3.8, 4) is 0 Å². The molecule has 0 aliphatic heterocycles. The predicted molar refractivity (Wildman–Crippen MR) is 61.6 cm³/mol. The summed E-state index contributed by atoms with van der Waals surface area (Å²) in [5.74, 6) is 0.917. The van der Waals surface area contributed by atoms with E-state index in [1.54, 1.807) is 0 Å². The summed E-state index contributed by atoms with van der Waals surface area (Å²) >= 11 is 0. The maximum Gasteiger partial charge on any atom is 0.0342 e. The van der Waals surface area contributed by atoms with Crippen LogP contribution in [0.25, 0.3) is 0 Å². The summed E-state index contributed by atoms with van der Waals surface area (Å²) in [6.07, 6.45) is 3.93. The zero-order chi connectivity index (χ0) is 9.97. The third-order valence-electron chi connectivity index (χ3n) is 3.09. The normalized spacial score (nSPS) is 17.9. The summed E-state index contributed by atoms with van der Waals surface area (Å²) in [6, 6.07) is 9.45. The highest BCUT2D eigenvalue weighted by molar-refractivity contribution is 5.45. The van der Waals surface area contributed by atoms with Gasteiger partial charge in [-0.05, 0) is 49.8 Å². The second-order valence-corrected chi connectivity index (χ2v) is 4.32. The van der Waals surface area contributed by atoms with E-state index in [0.29, 0.717) is 6.04 Å². The maximum absolute atomic E-state index is 3.56. The highest BCUT2D eigenvalue weighted by Gasteiger charge is 2.27. The first-order chi connectivity index (χ1) is 6.79. The van der Waals surface area contributed by atoms with E-state index in [2.05, 4.69) is 43.4 Å². The number of hydrogen-bond acceptors (Lipinski definition) is 1. The summed E-state index contributed by atoms with van der Waals surface area (Å²) in [7, 11) is 0. The average molecular weight is 189 g/mol. The van der Waals surface area contributed by atoms with Crippen molar-refractivity contribution in [2.45, 2.75) is 39.2 Å². The molecule has 76 valence electrons. The Hall–Kier alpha value is -0.980. The van der Waals surface area contributed by atoms with Crippen LogP contribution in [-0.4, -0.2) is 6.04 Å². The summed E-state index contributed by atoms with van der Waals surface area (Å²) < 4.78 is 0. The van der Waals surface area contributed by atoms with Crippen molar-refractivity contribution in [3.63, 3.8) is 0 Å². The van der Waals surface area contributed by atoms with Gasteiger partial charge in [0.05, 0.1) is 0 Å². The number of hydrogen-bond donors (Lipinski definition) is 1. The Bertz CT molecular complexity index is 285. The molecule has 1 atom stereocenters. The monoisotopic (exact) mass is 189 g/mol. The Balaban J connectivity index is 1.95. The van der Waals surface area contributed by atoms with Crippen molar-refractivity contribution in [1.29, 1.82) is 0 Å². The van der Waals surface area contributed by atoms with Crippen LogP contribution in [0.5, 0.6) is 0 Å². The minimum Gasteiger partial charge on any atom is -0.382 e. The van der Waals surface area contributed by atoms with E-state index in [9.17, 15) is 0 Å². The minimum atomic E-state index is 0.641. The molecule has 1 saturated carbocycles. The summed E-state index contributed by atoms with van der Waals surface area (Å²) in [5, 5.41) is 3.56. The lowest BCUT2D eigenvalue weighted by molar-refractivity contribution is 0.694. The molecule has 1 aliphatic rings. The molecule has 0 heterocycles. The Morgan fingerprint density at radius 1 is 1.29 bits per heavy atom. The number of anilines is 1. The first kappa shape index (κ1) is 9.57. The van der Waals surface area contributed by atoms with Crippen LogP contribution in [0.15, 0.2) is 24.3 Å². The second kappa shape index (κ2) is 4.04. The maximum atomic E-state index is 3.56. The van der Waals surface area contributed by atoms with Crippen molar-refractivity contribution in [3.05, 3.63) is 29.8 Å². The van der Waals surface area contributed by atoms with Crippen molar-refractivity contribution >= 4 is 5.69 Å². The van der Waals surface area contributed by atoms with Crippen molar-refractivity contribution < 1.29 is 0 Å². The zero-order valence-corrected chi connectivity index (χ0v) is 9.09. The molecule has 0 spiro atoms. The van der Waals surface area contributed by atoms with Crippen LogP contribution in [0.4, 0.5) is 5.69 Å². The number of aryl methyl sites for hydroxylation is 1. The topological polar surface area (TPSA) is 12.0 Å². The summed E-state index contributed by atoms with van der Waals surface area (Å²) in [6.45, 7) is 4.47. The standard InChI is InChI=1S/C13H19N/c1-3-11-4-8-13(9-5-11)14-10(2)12-6-7-12/h4-5,8-10,12,14H,3,6-7H2,1-2H3/t10-/m0/s1. The first-order valence-electron chi connectivity index (χ1n) is 5.65. The van der Waals surface area contributed by atoms with Crippen LogP contribution < -0.4 is 5.32 Å². The third kappa shape index (κ3) is 2.28. The van der Waals surface area contributed by atoms with Crippen molar-refractivity contribution in [2.24, 2.45) is 5.92 Å². The van der Waals surface area contributed by atoms with Gasteiger partial charge in [-0.25, -0.2) is 0 Å². The largest absolute Gasteiger partial charge is 0.382 e. The highest BCUT2D eigenvalue weighted by atomic mass is 14.9. The molecule has 1 N–H and O–H groups in total. The van der Waals surface area contributed by atoms with Gasteiger partial charge in [0.2, 0.25) is 0 Å². The first-order valence-corrected chi connectivity index (χ1v) is 5.65. The highest BCUT2D eigenvalue weighted by Crippen LogP contribution is 2.33. The Morgan fingerprint density at radius 2 is 1.93 bits per heavy atom. The molecular weight excluding hydrogens is 170 g/mol. The molecule has 1 aromatic rings. The van der Waals surface area contributed by atoms with Gasteiger partial charge in [-0.15, -0.1) is 0 Å². The van der Waals surface area contributed by atoms with E-state index < -0.39 is 0 Å². The van der Waals surface area contributed by atoms with Gasteiger partial charge < -0.3 is 5.32 Å². The fourth-order valence-corrected chi connectivity index (χ4v) is 1.81. The van der Waals surface area contributed by atoms with Crippen LogP contribution in [-0.2, 0) is 6.42 Å². The lowest BCUT2D eigenvalue weighted by atomic mass is 10.1. The van der Waals surface area contributed by atoms with Crippen LogP contribution in [0.3, 0.4) is 0 Å². The molecule has 0 unspecified atom stereocenters. The number of nitrogens with one attached hydrogen (secondary N) is 1. The van der Waals surface area contributed by atoms with Gasteiger partial charge in [-0.3, -0.25) is 0 Å². The molecule has 1 nitrogen and oxygen atoms in total. The molecule has 1 aliphatic carbocycles. The van der Waals surface area contributed by atoms with Crippen LogP contribution in [0.2, 0.25) is 0 Å². The minimum absolute atomic E-state index is 0.641. The smallest absolute Gasteiger partial charge is 0.0342 e. The van der Waals surface area contributed by atoms with Gasteiger partial charge >= 0.3 is 0 Å². The molecule has 0 amide bonds. The molecule has 1 fully saturated rings. The Kier molecular flexibility index (Phi) is 2.76. The van der Waals surface area contributed by atoms with E-state index in [1.165, 1.54) is 24.1 Å². The lowest BCUT2D eigenvalue weighted by Gasteiger charge is -2.14. The van der Waals surface area contributed by atoms with Gasteiger partial charge in [0.1, 0.15) is 0 Å². The molecule has 14 heavy (non-hydrogen) atoms. The van der Waals surface area contributed by atoms with Crippen LogP contribution >= 0.6 is 0 Å². The second-order valence-electron chi connectivity index (χ2n) is 4.32. The van der Waals surface area contributed by atoms with E-state index in [1.807, 2.05) is 0 Å². The molecule has 1 heteroatoms. The molecule has 1 aromatic carbocycles. The Morgan fingerprint density at radius 3 is 2.43 bits per heavy atom. The van der Waals surface area contributed by atoms with E-state index >= 15 is 0 Å². The van der Waals surface area contributed by atoms with E-state index in [0.717, 1.165) is 12.3 Å². The van der Waals surface area contributed by atoms with Gasteiger partial charge in [-0.1, -0.05) is 19.1 Å². The zero-order valence-electron chi connectivity index (χ0n) is 9.09. The van der Waals surface area contributed by atoms with E-state index in [4.69, 9.17) is 0 Å². The van der Waals surface area contributed by atoms with Gasteiger partial charge in [0.15, 0.2) is 0 Å². The van der Waals surface area contributed by atoms with Gasteiger partial charge in [0.25, 0.3) is 0 Å². The average Bonchev–Trinajstić information content (AvgIpc) is 3.02. The predicted octanol–water partition coefficient (Wildman–Crippen LogP) is 3.46. The molecule has 0 radical (unpaired) electrons. The molecule has 0 aromatic heterocycles. The number of rotatable bonds is 4. The fourth-order valence-electron chi connectivity index (χ4n) is 1.81.